The van der Waals surface area contributed by atoms with Gasteiger partial charge in [-0.3, -0.25) is 4.79 Å². The highest BCUT2D eigenvalue weighted by Crippen LogP contribution is 2.12. The molecule has 0 spiro atoms. The number of benzene rings is 2. The predicted molar refractivity (Wildman–Crippen MR) is 115 cm³/mol. The van der Waals surface area contributed by atoms with Crippen LogP contribution in [0.1, 0.15) is 16.8 Å². The van der Waals surface area contributed by atoms with Crippen molar-refractivity contribution in [2.45, 2.75) is 18.9 Å². The van der Waals surface area contributed by atoms with Crippen molar-refractivity contribution in [3.63, 3.8) is 0 Å². The first-order chi connectivity index (χ1) is 13.5. The molecule has 1 N–H and O–H groups in total. The highest BCUT2D eigenvalue weighted by Gasteiger charge is 2.17. The summed E-state index contributed by atoms with van der Waals surface area (Å²) >= 11 is 0. The minimum atomic E-state index is -0.212. The molecule has 1 heterocycles. The van der Waals surface area contributed by atoms with Crippen molar-refractivity contribution in [2.75, 3.05) is 32.6 Å². The van der Waals surface area contributed by atoms with Gasteiger partial charge in [-0.1, -0.05) is 60.7 Å². The minimum absolute atomic E-state index is 0.212. The largest absolute Gasteiger partial charge is 0.344 e. The van der Waals surface area contributed by atoms with Gasteiger partial charge >= 0.3 is 0 Å². The molecule has 2 aromatic carbocycles. The van der Waals surface area contributed by atoms with Crippen molar-refractivity contribution in [3.05, 3.63) is 93.9 Å². The van der Waals surface area contributed by atoms with Gasteiger partial charge in [-0.25, -0.2) is 0 Å². The van der Waals surface area contributed by atoms with E-state index in [1.54, 1.807) is 6.07 Å². The lowest BCUT2D eigenvalue weighted by Crippen LogP contribution is -2.41. The molecule has 146 valence electrons. The number of aromatic amines is 1. The second-order valence-corrected chi connectivity index (χ2v) is 7.42. The summed E-state index contributed by atoms with van der Waals surface area (Å²) in [7, 11) is 6.15. The normalized spacial score (nSPS) is 12.1. The molecule has 0 aliphatic carbocycles. The van der Waals surface area contributed by atoms with E-state index >= 15 is 0 Å². The fraction of sp³-hybridized carbons (Fsp3) is 0.304. The zero-order chi connectivity index (χ0) is 19.9. The lowest BCUT2D eigenvalue weighted by Gasteiger charge is -2.29. The molecule has 0 radical (unpaired) electrons. The Balaban J connectivity index is 1.75. The highest BCUT2D eigenvalue weighted by atomic mass is 16.1. The molecule has 5 heteroatoms. The van der Waals surface area contributed by atoms with Crippen molar-refractivity contribution in [1.29, 1.82) is 0 Å². The lowest BCUT2D eigenvalue weighted by atomic mass is 10.0. The summed E-state index contributed by atoms with van der Waals surface area (Å²) in [5, 5.41) is 0. The summed E-state index contributed by atoms with van der Waals surface area (Å²) in [6.45, 7) is 0.764. The van der Waals surface area contributed by atoms with Crippen molar-refractivity contribution in [1.82, 2.24) is 14.9 Å². The van der Waals surface area contributed by atoms with Crippen LogP contribution in [0.4, 0.5) is 5.95 Å². The zero-order valence-electron chi connectivity index (χ0n) is 16.8. The van der Waals surface area contributed by atoms with Crippen LogP contribution in [0.15, 0.2) is 71.5 Å². The van der Waals surface area contributed by atoms with Crippen molar-refractivity contribution >= 4 is 5.95 Å². The quantitative estimate of drug-likeness (QED) is 0.657. The molecule has 0 aliphatic heterocycles. The van der Waals surface area contributed by atoms with Crippen molar-refractivity contribution < 1.29 is 0 Å². The smallest absolute Gasteiger partial charge is 0.274 e. The van der Waals surface area contributed by atoms with E-state index in [9.17, 15) is 4.79 Å². The Morgan fingerprint density at radius 2 is 1.54 bits per heavy atom. The number of H-pyrrole nitrogens is 1. The van der Waals surface area contributed by atoms with Crippen molar-refractivity contribution in [2.24, 2.45) is 0 Å². The van der Waals surface area contributed by atoms with Gasteiger partial charge in [0.15, 0.2) is 0 Å². The Hall–Kier alpha value is -2.92. The van der Waals surface area contributed by atoms with Gasteiger partial charge in [0.05, 0.1) is 0 Å². The van der Waals surface area contributed by atoms with Gasteiger partial charge < -0.3 is 14.8 Å². The average Bonchev–Trinajstić information content (AvgIpc) is 2.68. The number of hydrogen-bond acceptors (Lipinski definition) is 4. The van der Waals surface area contributed by atoms with E-state index in [-0.39, 0.29) is 5.56 Å². The first-order valence-corrected chi connectivity index (χ1v) is 9.57. The van der Waals surface area contributed by atoms with Crippen molar-refractivity contribution in [3.8, 4) is 0 Å². The van der Waals surface area contributed by atoms with E-state index in [0.29, 0.717) is 18.4 Å². The molecule has 0 fully saturated rings. The summed E-state index contributed by atoms with van der Waals surface area (Å²) in [6, 6.07) is 22.5. The van der Waals surface area contributed by atoms with Gasteiger partial charge in [-0.2, -0.15) is 4.98 Å². The summed E-state index contributed by atoms with van der Waals surface area (Å²) in [4.78, 5) is 23.9. The Morgan fingerprint density at radius 1 is 0.929 bits per heavy atom. The van der Waals surface area contributed by atoms with Gasteiger partial charge in [-0.05, 0) is 31.6 Å². The average molecular weight is 377 g/mol. The van der Waals surface area contributed by atoms with E-state index < -0.39 is 0 Å². The third-order valence-electron chi connectivity index (χ3n) is 4.91. The van der Waals surface area contributed by atoms with Gasteiger partial charge in [0.2, 0.25) is 5.95 Å². The number of rotatable bonds is 8. The number of nitrogens with zero attached hydrogens (tertiary/aromatic N) is 3. The molecule has 0 bridgehead atoms. The summed E-state index contributed by atoms with van der Waals surface area (Å²) < 4.78 is 0. The van der Waals surface area contributed by atoms with Crippen LogP contribution in [0.3, 0.4) is 0 Å². The van der Waals surface area contributed by atoms with Crippen LogP contribution >= 0.6 is 0 Å². The Kier molecular flexibility index (Phi) is 6.61. The summed E-state index contributed by atoms with van der Waals surface area (Å²) in [6.07, 6.45) is 1.62. The first kappa shape index (κ1) is 19.8. The second kappa shape index (κ2) is 9.33. The molecule has 0 amide bonds. The highest BCUT2D eigenvalue weighted by molar-refractivity contribution is 5.31. The molecule has 1 atom stereocenters. The van der Waals surface area contributed by atoms with E-state index in [0.717, 1.165) is 24.2 Å². The number of aromatic nitrogens is 2. The Morgan fingerprint density at radius 3 is 2.14 bits per heavy atom. The lowest BCUT2D eigenvalue weighted by molar-refractivity contribution is 0.294. The summed E-state index contributed by atoms with van der Waals surface area (Å²) in [5.74, 6) is 0.610. The number of anilines is 1. The van der Waals surface area contributed by atoms with Crippen LogP contribution in [-0.2, 0) is 12.8 Å². The first-order valence-electron chi connectivity index (χ1n) is 9.57. The molecular formula is C23H28N4O. The standard InChI is InChI=1S/C23H28N4O/c1-26(2)21(15-19-12-8-5-9-13-19)17-27(3)23-24-20(16-22(28)25-23)14-18-10-6-4-7-11-18/h4-13,16,21H,14-15,17H2,1-3H3,(H,24,25,28)/t21-/m0/s1. The summed E-state index contributed by atoms with van der Waals surface area (Å²) in [5.41, 5.74) is 3.12. The Bertz CT molecular complexity index is 922. The van der Waals surface area contributed by atoms with Crippen LogP contribution in [0.5, 0.6) is 0 Å². The molecule has 1 aromatic heterocycles. The molecule has 0 unspecified atom stereocenters. The van der Waals surface area contributed by atoms with E-state index in [4.69, 9.17) is 0 Å². The molecule has 3 aromatic rings. The molecule has 28 heavy (non-hydrogen) atoms. The maximum atomic E-state index is 12.1. The van der Waals surface area contributed by atoms with Gasteiger partial charge in [-0.15, -0.1) is 0 Å². The van der Waals surface area contributed by atoms with Crippen LogP contribution in [0.25, 0.3) is 0 Å². The zero-order valence-corrected chi connectivity index (χ0v) is 16.8. The number of likely N-dealkylation sites (N-methyl/N-ethyl adjacent to an activating group) is 2. The number of nitrogens with one attached hydrogen (secondary N) is 1. The van der Waals surface area contributed by atoms with Crippen LogP contribution < -0.4 is 10.5 Å². The van der Waals surface area contributed by atoms with Gasteiger partial charge in [0.1, 0.15) is 0 Å². The molecular weight excluding hydrogens is 348 g/mol. The molecule has 5 nitrogen and oxygen atoms in total. The minimum Gasteiger partial charge on any atom is -0.344 e. The Labute approximate surface area is 166 Å². The van der Waals surface area contributed by atoms with E-state index in [2.05, 4.69) is 65.4 Å². The van der Waals surface area contributed by atoms with Gasteiger partial charge in [0, 0.05) is 37.8 Å². The third-order valence-corrected chi connectivity index (χ3v) is 4.91. The molecule has 0 aliphatic rings. The fourth-order valence-electron chi connectivity index (χ4n) is 3.28. The second-order valence-electron chi connectivity index (χ2n) is 7.42. The fourth-order valence-corrected chi connectivity index (χ4v) is 3.28. The van der Waals surface area contributed by atoms with Crippen LogP contribution in [0.2, 0.25) is 0 Å². The molecule has 0 saturated heterocycles. The molecule has 3 rings (SSSR count). The van der Waals surface area contributed by atoms with Crippen LogP contribution in [0, 0.1) is 0 Å². The van der Waals surface area contributed by atoms with Crippen LogP contribution in [-0.4, -0.2) is 48.6 Å². The number of hydrogen-bond donors (Lipinski definition) is 1. The monoisotopic (exact) mass is 376 g/mol. The van der Waals surface area contributed by atoms with E-state index in [1.165, 1.54) is 5.56 Å². The predicted octanol–water partition coefficient (Wildman–Crippen LogP) is 2.97. The SMILES string of the molecule is CN(C[C@H](Cc1ccccc1)N(C)C)c1nc(=O)cc(Cc2ccccc2)[nH]1. The molecule has 0 saturated carbocycles. The topological polar surface area (TPSA) is 52.2 Å². The van der Waals surface area contributed by atoms with E-state index in [1.807, 2.05) is 36.2 Å². The van der Waals surface area contributed by atoms with Gasteiger partial charge in [0.25, 0.3) is 5.56 Å². The maximum absolute atomic E-state index is 12.1. The maximum Gasteiger partial charge on any atom is 0.274 e. The third kappa shape index (κ3) is 5.54.